The normalized spacial score (nSPS) is 11.2. The highest BCUT2D eigenvalue weighted by Gasteiger charge is 2.14. The van der Waals surface area contributed by atoms with Gasteiger partial charge in [-0.1, -0.05) is 13.8 Å². The van der Waals surface area contributed by atoms with Crippen molar-refractivity contribution in [2.75, 3.05) is 7.11 Å². The van der Waals surface area contributed by atoms with Gasteiger partial charge in [0, 0.05) is 19.2 Å². The first-order valence-electron chi connectivity index (χ1n) is 6.68. The first-order valence-corrected chi connectivity index (χ1v) is 6.68. The molecule has 0 fully saturated rings. The molecule has 20 heavy (non-hydrogen) atoms. The first-order chi connectivity index (χ1) is 9.49. The van der Waals surface area contributed by atoms with Gasteiger partial charge in [0.15, 0.2) is 5.65 Å². The highest BCUT2D eigenvalue weighted by molar-refractivity contribution is 5.71. The Morgan fingerprint density at radius 3 is 2.40 bits per heavy atom. The van der Waals surface area contributed by atoms with Gasteiger partial charge in [-0.05, 0) is 18.9 Å². The smallest absolute Gasteiger partial charge is 0.318 e. The standard InChI is InChI=1S/C14H19N3O3/c1-5-16-12-10(6-7-11(15-12)20-4)17(8-9(2)3)14(19)13(16)18/h6-7,9H,5,8H2,1-4H3. The van der Waals surface area contributed by atoms with E-state index in [-0.39, 0.29) is 5.92 Å². The maximum atomic E-state index is 12.2. The Bertz CT molecular complexity index is 744. The van der Waals surface area contributed by atoms with Gasteiger partial charge in [-0.2, -0.15) is 4.98 Å². The van der Waals surface area contributed by atoms with Crippen molar-refractivity contribution in [2.45, 2.75) is 33.9 Å². The third kappa shape index (κ3) is 2.33. The van der Waals surface area contributed by atoms with Crippen molar-refractivity contribution in [3.63, 3.8) is 0 Å². The molecule has 0 saturated carbocycles. The van der Waals surface area contributed by atoms with Crippen molar-refractivity contribution >= 4 is 11.2 Å². The van der Waals surface area contributed by atoms with Crippen LogP contribution >= 0.6 is 0 Å². The molecule has 6 nitrogen and oxygen atoms in total. The van der Waals surface area contributed by atoms with Gasteiger partial charge >= 0.3 is 11.1 Å². The maximum Gasteiger partial charge on any atom is 0.318 e. The van der Waals surface area contributed by atoms with Gasteiger partial charge in [0.25, 0.3) is 0 Å². The fraction of sp³-hybridized carbons (Fsp3) is 0.500. The molecule has 0 aliphatic rings. The lowest BCUT2D eigenvalue weighted by molar-refractivity contribution is 0.398. The molecule has 0 unspecified atom stereocenters. The number of ether oxygens (including phenoxy) is 1. The summed E-state index contributed by atoms with van der Waals surface area (Å²) in [4.78, 5) is 28.7. The summed E-state index contributed by atoms with van der Waals surface area (Å²) >= 11 is 0. The third-order valence-electron chi connectivity index (χ3n) is 3.12. The zero-order valence-electron chi connectivity index (χ0n) is 12.2. The van der Waals surface area contributed by atoms with Crippen molar-refractivity contribution in [1.82, 2.24) is 14.1 Å². The lowest BCUT2D eigenvalue weighted by atomic mass is 10.2. The highest BCUT2D eigenvalue weighted by Crippen LogP contribution is 2.15. The number of rotatable bonds is 4. The molecule has 6 heteroatoms. The number of hydrogen-bond donors (Lipinski definition) is 0. The van der Waals surface area contributed by atoms with E-state index >= 15 is 0 Å². The van der Waals surface area contributed by atoms with Crippen LogP contribution in [0.1, 0.15) is 20.8 Å². The topological polar surface area (TPSA) is 66.1 Å². The Balaban J connectivity index is 2.90. The van der Waals surface area contributed by atoms with Gasteiger partial charge in [-0.25, -0.2) is 0 Å². The van der Waals surface area contributed by atoms with Gasteiger partial charge in [0.2, 0.25) is 5.88 Å². The minimum Gasteiger partial charge on any atom is -0.481 e. The van der Waals surface area contributed by atoms with E-state index in [0.29, 0.717) is 30.1 Å². The summed E-state index contributed by atoms with van der Waals surface area (Å²) in [6.07, 6.45) is 0. The Kier molecular flexibility index (Phi) is 3.92. The average molecular weight is 277 g/mol. The molecule has 2 rings (SSSR count). The molecule has 0 amide bonds. The molecule has 0 bridgehead atoms. The zero-order chi connectivity index (χ0) is 14.9. The highest BCUT2D eigenvalue weighted by atomic mass is 16.5. The van der Waals surface area contributed by atoms with Gasteiger partial charge in [0.05, 0.1) is 12.6 Å². The molecule has 0 saturated heterocycles. The number of nitrogens with zero attached hydrogens (tertiary/aromatic N) is 3. The summed E-state index contributed by atoms with van der Waals surface area (Å²) in [5, 5.41) is 0. The van der Waals surface area contributed by atoms with Crippen molar-refractivity contribution < 1.29 is 4.74 Å². The molecule has 0 spiro atoms. The maximum absolute atomic E-state index is 12.2. The van der Waals surface area contributed by atoms with E-state index in [1.807, 2.05) is 20.8 Å². The number of fused-ring (bicyclic) bond motifs is 1. The van der Waals surface area contributed by atoms with Crippen LogP contribution in [-0.2, 0) is 13.1 Å². The summed E-state index contributed by atoms with van der Waals surface area (Å²) in [6.45, 7) is 6.70. The number of hydrogen-bond acceptors (Lipinski definition) is 4. The van der Waals surface area contributed by atoms with Crippen molar-refractivity contribution in [3.8, 4) is 5.88 Å². The van der Waals surface area contributed by atoms with Crippen LogP contribution in [0.3, 0.4) is 0 Å². The largest absolute Gasteiger partial charge is 0.481 e. The molecule has 0 aliphatic carbocycles. The van der Waals surface area contributed by atoms with Crippen molar-refractivity contribution in [3.05, 3.63) is 32.8 Å². The monoisotopic (exact) mass is 277 g/mol. The quantitative estimate of drug-likeness (QED) is 0.789. The lowest BCUT2D eigenvalue weighted by Crippen LogP contribution is -2.42. The number of aromatic nitrogens is 3. The molecule has 0 aromatic carbocycles. The van der Waals surface area contributed by atoms with Crippen molar-refractivity contribution in [2.24, 2.45) is 5.92 Å². The van der Waals surface area contributed by atoms with Crippen molar-refractivity contribution in [1.29, 1.82) is 0 Å². The van der Waals surface area contributed by atoms with E-state index in [2.05, 4.69) is 4.98 Å². The second-order valence-corrected chi connectivity index (χ2v) is 5.06. The molecule has 0 atom stereocenters. The molecular formula is C14H19N3O3. The first kappa shape index (κ1) is 14.3. The van der Waals surface area contributed by atoms with Gasteiger partial charge in [-0.3, -0.25) is 14.2 Å². The van der Waals surface area contributed by atoms with E-state index in [9.17, 15) is 9.59 Å². The minimum atomic E-state index is -0.540. The Morgan fingerprint density at radius 1 is 1.20 bits per heavy atom. The van der Waals surface area contributed by atoms with Crippen LogP contribution in [0, 0.1) is 5.92 Å². The Labute approximate surface area is 116 Å². The molecule has 0 radical (unpaired) electrons. The van der Waals surface area contributed by atoms with E-state index < -0.39 is 11.1 Å². The van der Waals surface area contributed by atoms with Crippen LogP contribution < -0.4 is 15.9 Å². The SMILES string of the molecule is CCn1c(=O)c(=O)n(CC(C)C)c2ccc(OC)nc21. The molecule has 0 aliphatic heterocycles. The van der Waals surface area contributed by atoms with E-state index in [1.165, 1.54) is 16.2 Å². The molecule has 0 N–H and O–H groups in total. The van der Waals surface area contributed by atoms with Gasteiger partial charge in [0.1, 0.15) is 0 Å². The Hall–Kier alpha value is -2.11. The average Bonchev–Trinajstić information content (AvgIpc) is 2.43. The fourth-order valence-electron chi connectivity index (χ4n) is 2.22. The van der Waals surface area contributed by atoms with Crippen LogP contribution in [0.2, 0.25) is 0 Å². The second-order valence-electron chi connectivity index (χ2n) is 5.06. The second kappa shape index (κ2) is 5.48. The third-order valence-corrected chi connectivity index (χ3v) is 3.12. The number of methoxy groups -OCH3 is 1. The van der Waals surface area contributed by atoms with Crippen LogP contribution in [0.4, 0.5) is 0 Å². The van der Waals surface area contributed by atoms with Gasteiger partial charge in [-0.15, -0.1) is 0 Å². The van der Waals surface area contributed by atoms with Crippen LogP contribution in [0.15, 0.2) is 21.7 Å². The minimum absolute atomic E-state index is 0.259. The molecular weight excluding hydrogens is 258 g/mol. The van der Waals surface area contributed by atoms with Crippen LogP contribution in [-0.4, -0.2) is 21.2 Å². The summed E-state index contributed by atoms with van der Waals surface area (Å²) in [5.74, 6) is 0.684. The van der Waals surface area contributed by atoms with Gasteiger partial charge < -0.3 is 9.30 Å². The van der Waals surface area contributed by atoms with Crippen LogP contribution in [0.5, 0.6) is 5.88 Å². The Morgan fingerprint density at radius 2 is 1.85 bits per heavy atom. The predicted molar refractivity (Wildman–Crippen MR) is 77.3 cm³/mol. The van der Waals surface area contributed by atoms with E-state index in [1.54, 1.807) is 12.1 Å². The van der Waals surface area contributed by atoms with E-state index in [4.69, 9.17) is 4.74 Å². The van der Waals surface area contributed by atoms with Crippen LogP contribution in [0.25, 0.3) is 11.2 Å². The summed E-state index contributed by atoms with van der Waals surface area (Å²) in [6, 6.07) is 3.47. The molecule has 108 valence electrons. The summed E-state index contributed by atoms with van der Waals surface area (Å²) in [7, 11) is 1.52. The molecule has 2 aromatic rings. The summed E-state index contributed by atoms with van der Waals surface area (Å²) < 4.78 is 7.99. The molecule has 2 heterocycles. The summed E-state index contributed by atoms with van der Waals surface area (Å²) in [5.41, 5.74) is 0.101. The zero-order valence-corrected chi connectivity index (χ0v) is 12.2. The molecule has 2 aromatic heterocycles. The lowest BCUT2D eigenvalue weighted by Gasteiger charge is -2.15. The van der Waals surface area contributed by atoms with E-state index in [0.717, 1.165) is 0 Å². The number of aryl methyl sites for hydroxylation is 1. The number of pyridine rings is 1. The fourth-order valence-corrected chi connectivity index (χ4v) is 2.22. The predicted octanol–water partition coefficient (Wildman–Crippen LogP) is 1.24.